The lowest BCUT2D eigenvalue weighted by Gasteiger charge is -2.26. The fourth-order valence-corrected chi connectivity index (χ4v) is 3.50. The van der Waals surface area contributed by atoms with Gasteiger partial charge in [0.15, 0.2) is 0 Å². The Bertz CT molecular complexity index is 1000. The second-order valence-electron chi connectivity index (χ2n) is 8.11. The molecule has 0 aliphatic rings. The van der Waals surface area contributed by atoms with E-state index in [1.807, 2.05) is 48.5 Å². The number of nitrogens with zero attached hydrogens (tertiary/aromatic N) is 2. The topological polar surface area (TPSA) is 61.8 Å². The number of isothiocyanates is 1. The third-order valence-corrected chi connectivity index (χ3v) is 5.59. The van der Waals surface area contributed by atoms with E-state index in [0.717, 1.165) is 47.2 Å². The molecule has 1 atom stereocenters. The van der Waals surface area contributed by atoms with Crippen LogP contribution in [0.4, 0.5) is 18.9 Å². The van der Waals surface area contributed by atoms with E-state index in [1.165, 1.54) is 0 Å². The summed E-state index contributed by atoms with van der Waals surface area (Å²) < 4.78 is 37.7. The second kappa shape index (κ2) is 13.0. The van der Waals surface area contributed by atoms with Crippen molar-refractivity contribution in [2.45, 2.75) is 51.2 Å². The largest absolute Gasteiger partial charge is 0.471 e. The summed E-state index contributed by atoms with van der Waals surface area (Å²) in [6.07, 6.45) is -2.01. The minimum absolute atomic E-state index is 0.00950. The van der Waals surface area contributed by atoms with Gasteiger partial charge in [-0.3, -0.25) is 9.59 Å². The number of rotatable bonds is 11. The zero-order valence-corrected chi connectivity index (χ0v) is 20.0. The molecule has 0 saturated carbocycles. The van der Waals surface area contributed by atoms with E-state index in [4.69, 9.17) is 0 Å². The lowest BCUT2D eigenvalue weighted by Crippen LogP contribution is -2.44. The van der Waals surface area contributed by atoms with Crippen LogP contribution >= 0.6 is 12.2 Å². The van der Waals surface area contributed by atoms with Gasteiger partial charge < -0.3 is 10.2 Å². The Labute approximate surface area is 203 Å². The van der Waals surface area contributed by atoms with E-state index in [0.29, 0.717) is 25.8 Å². The van der Waals surface area contributed by atoms with Crippen molar-refractivity contribution in [3.63, 3.8) is 0 Å². The fraction of sp³-hybridized carbons (Fsp3) is 0.400. The molecule has 0 spiro atoms. The highest BCUT2D eigenvalue weighted by Gasteiger charge is 2.42. The number of hydrogen-bond acceptors (Lipinski definition) is 4. The molecule has 0 aromatic heterocycles. The molecule has 0 aliphatic carbocycles. The third kappa shape index (κ3) is 9.08. The number of carbonyl (C=O) groups excluding carboxylic acids is 2. The van der Waals surface area contributed by atoms with E-state index < -0.39 is 18.1 Å². The van der Waals surface area contributed by atoms with Gasteiger partial charge in [-0.1, -0.05) is 36.4 Å². The summed E-state index contributed by atoms with van der Waals surface area (Å²) in [6.45, 7) is 2.13. The molecule has 0 fully saturated rings. The van der Waals surface area contributed by atoms with Crippen LogP contribution in [0.3, 0.4) is 0 Å². The van der Waals surface area contributed by atoms with Crippen LogP contribution in [0.5, 0.6) is 0 Å². The number of aryl methyl sites for hydroxylation is 1. The minimum Gasteiger partial charge on any atom is -0.356 e. The van der Waals surface area contributed by atoms with Gasteiger partial charge >= 0.3 is 12.1 Å². The van der Waals surface area contributed by atoms with E-state index in [2.05, 4.69) is 27.7 Å². The van der Waals surface area contributed by atoms with Crippen LogP contribution in [0.15, 0.2) is 53.5 Å². The maximum absolute atomic E-state index is 12.6. The average Bonchev–Trinajstić information content (AvgIpc) is 2.80. The summed E-state index contributed by atoms with van der Waals surface area (Å²) in [5.74, 6) is -1.85. The number of aliphatic imine (C=N–C) groups is 1. The molecule has 2 amide bonds. The number of hydrogen-bond donors (Lipinski definition) is 1. The summed E-state index contributed by atoms with van der Waals surface area (Å²) in [6, 6.07) is 14.5. The van der Waals surface area contributed by atoms with Gasteiger partial charge in [0, 0.05) is 26.1 Å². The number of carbonyl (C=O) groups is 2. The number of thiocarbonyl (C=S) groups is 1. The second-order valence-corrected chi connectivity index (χ2v) is 8.29. The maximum atomic E-state index is 12.6. The van der Waals surface area contributed by atoms with E-state index in [1.54, 1.807) is 6.92 Å². The van der Waals surface area contributed by atoms with Crippen LogP contribution in [-0.2, 0) is 28.9 Å². The molecule has 0 radical (unpaired) electrons. The summed E-state index contributed by atoms with van der Waals surface area (Å²) in [7, 11) is 1.16. The third-order valence-electron chi connectivity index (χ3n) is 5.49. The predicted octanol–water partition coefficient (Wildman–Crippen LogP) is 5.05. The van der Waals surface area contributed by atoms with Gasteiger partial charge in [0.25, 0.3) is 0 Å². The van der Waals surface area contributed by atoms with Crippen molar-refractivity contribution in [3.05, 3.63) is 65.2 Å². The Hall–Kier alpha value is -3.03. The SMILES string of the molecule is C[C@@H](Cc1ccc(CCCC(=O)NCCc2ccc(N=C=S)cc2)cc1)N(C)C(=O)C(F)(F)F. The lowest BCUT2D eigenvalue weighted by atomic mass is 10.0. The van der Waals surface area contributed by atoms with Crippen molar-refractivity contribution in [2.24, 2.45) is 4.99 Å². The first-order valence-corrected chi connectivity index (χ1v) is 11.4. The molecule has 9 heteroatoms. The van der Waals surface area contributed by atoms with Gasteiger partial charge in [0.2, 0.25) is 5.91 Å². The van der Waals surface area contributed by atoms with Crippen LogP contribution in [0.1, 0.15) is 36.5 Å². The predicted molar refractivity (Wildman–Crippen MR) is 129 cm³/mol. The van der Waals surface area contributed by atoms with Crippen molar-refractivity contribution >= 4 is 34.9 Å². The van der Waals surface area contributed by atoms with Gasteiger partial charge in [-0.25, -0.2) is 0 Å². The van der Waals surface area contributed by atoms with Crippen LogP contribution < -0.4 is 5.32 Å². The molecule has 0 unspecified atom stereocenters. The first kappa shape index (κ1) is 27.2. The molecule has 34 heavy (non-hydrogen) atoms. The normalized spacial score (nSPS) is 11.9. The molecule has 0 aliphatic heterocycles. The highest BCUT2D eigenvalue weighted by molar-refractivity contribution is 7.78. The number of amides is 2. The van der Waals surface area contributed by atoms with E-state index >= 15 is 0 Å². The average molecular weight is 492 g/mol. The molecule has 0 heterocycles. The standard InChI is InChI=1S/C25H28F3N3O2S/c1-18(31(2)24(33)25(26,27)28)16-21-8-6-19(7-9-21)4-3-5-23(32)29-15-14-20-10-12-22(13-11-20)30-17-34/h6-13,18H,3-5,14-16H2,1-2H3,(H,29,32)/t18-/m0/s1. The number of likely N-dealkylation sites (N-methyl/N-ethyl adjacent to an activating group) is 1. The van der Waals surface area contributed by atoms with Gasteiger partial charge in [-0.05, 0) is 73.6 Å². The van der Waals surface area contributed by atoms with Crippen LogP contribution in [0.2, 0.25) is 0 Å². The van der Waals surface area contributed by atoms with Gasteiger partial charge in [-0.15, -0.1) is 0 Å². The Morgan fingerprint density at radius 1 is 1.03 bits per heavy atom. The molecule has 2 aromatic rings. The van der Waals surface area contributed by atoms with Crippen LogP contribution in [-0.4, -0.2) is 47.7 Å². The number of benzene rings is 2. The fourth-order valence-electron chi connectivity index (χ4n) is 3.40. The van der Waals surface area contributed by atoms with Crippen LogP contribution in [0.25, 0.3) is 0 Å². The first-order chi connectivity index (χ1) is 16.1. The van der Waals surface area contributed by atoms with Crippen molar-refractivity contribution in [1.29, 1.82) is 0 Å². The molecular formula is C25H28F3N3O2S. The number of nitrogens with one attached hydrogen (secondary N) is 1. The summed E-state index contributed by atoms with van der Waals surface area (Å²) in [4.78, 5) is 28.0. The summed E-state index contributed by atoms with van der Waals surface area (Å²) in [5, 5.41) is 5.23. The number of alkyl halides is 3. The summed E-state index contributed by atoms with van der Waals surface area (Å²) >= 11 is 4.57. The lowest BCUT2D eigenvalue weighted by molar-refractivity contribution is -0.185. The smallest absolute Gasteiger partial charge is 0.356 e. The Morgan fingerprint density at radius 2 is 1.59 bits per heavy atom. The molecule has 1 N–H and O–H groups in total. The highest BCUT2D eigenvalue weighted by Crippen LogP contribution is 2.20. The van der Waals surface area contributed by atoms with Crippen LogP contribution in [0, 0.1) is 0 Å². The molecule has 0 bridgehead atoms. The van der Waals surface area contributed by atoms with E-state index in [-0.39, 0.29) is 5.91 Å². The van der Waals surface area contributed by atoms with Crippen molar-refractivity contribution in [1.82, 2.24) is 10.2 Å². The Kier molecular flexibility index (Phi) is 10.4. The minimum atomic E-state index is -4.87. The van der Waals surface area contributed by atoms with Gasteiger partial charge in [-0.2, -0.15) is 18.2 Å². The Balaban J connectivity index is 1.69. The quantitative estimate of drug-likeness (QED) is 0.353. The van der Waals surface area contributed by atoms with Crippen molar-refractivity contribution in [2.75, 3.05) is 13.6 Å². The molecule has 5 nitrogen and oxygen atoms in total. The summed E-state index contributed by atoms with van der Waals surface area (Å²) in [5.41, 5.74) is 3.72. The first-order valence-electron chi connectivity index (χ1n) is 11.0. The van der Waals surface area contributed by atoms with Gasteiger partial charge in [0.1, 0.15) is 0 Å². The zero-order chi connectivity index (χ0) is 25.1. The number of halogens is 3. The van der Waals surface area contributed by atoms with Crippen molar-refractivity contribution in [3.8, 4) is 0 Å². The Morgan fingerprint density at radius 3 is 2.18 bits per heavy atom. The van der Waals surface area contributed by atoms with Crippen molar-refractivity contribution < 1.29 is 22.8 Å². The highest BCUT2D eigenvalue weighted by atomic mass is 32.1. The molecule has 182 valence electrons. The van der Waals surface area contributed by atoms with Gasteiger partial charge in [0.05, 0.1) is 10.8 Å². The molecule has 2 rings (SSSR count). The van der Waals surface area contributed by atoms with E-state index in [9.17, 15) is 22.8 Å². The maximum Gasteiger partial charge on any atom is 0.471 e. The monoisotopic (exact) mass is 491 g/mol. The molecule has 2 aromatic carbocycles. The molecule has 0 saturated heterocycles. The zero-order valence-electron chi connectivity index (χ0n) is 19.2. The molecular weight excluding hydrogens is 463 g/mol.